The summed E-state index contributed by atoms with van der Waals surface area (Å²) >= 11 is 20.6. The Bertz CT molecular complexity index is 632. The first-order chi connectivity index (χ1) is 12.0. The zero-order valence-electron chi connectivity index (χ0n) is 13.8. The van der Waals surface area contributed by atoms with E-state index in [2.05, 4.69) is 9.97 Å². The smallest absolute Gasteiger partial charge is 0.248 e. The minimum Gasteiger partial charge on any atom is -0.322 e. The molecule has 138 valence electrons. The van der Waals surface area contributed by atoms with Crippen molar-refractivity contribution in [2.24, 2.45) is 0 Å². The van der Waals surface area contributed by atoms with E-state index in [-0.39, 0.29) is 0 Å². The van der Waals surface area contributed by atoms with Gasteiger partial charge < -0.3 is 9.05 Å². The number of hydrogen-bond donors (Lipinski definition) is 0. The summed E-state index contributed by atoms with van der Waals surface area (Å²) in [6.07, 6.45) is 4.88. The maximum Gasteiger partial charge on any atom is 0.248 e. The van der Waals surface area contributed by atoms with Crippen LogP contribution in [0.25, 0.3) is 0 Å². The van der Waals surface area contributed by atoms with E-state index in [1.165, 1.54) is 17.7 Å². The Morgan fingerprint density at radius 3 is 2.24 bits per heavy atom. The molecule has 0 saturated heterocycles. The van der Waals surface area contributed by atoms with E-state index in [1.807, 2.05) is 19.9 Å². The van der Waals surface area contributed by atoms with E-state index in [4.69, 9.17) is 44.1 Å². The molecule has 0 bridgehead atoms. The van der Waals surface area contributed by atoms with Gasteiger partial charge in [0.1, 0.15) is 6.33 Å². The molecule has 2 aromatic rings. The minimum absolute atomic E-state index is 0.562. The molecule has 0 aliphatic carbocycles. The van der Waals surface area contributed by atoms with Crippen molar-refractivity contribution < 1.29 is 9.05 Å². The van der Waals surface area contributed by atoms with Crippen LogP contribution in [0.3, 0.4) is 0 Å². The Hall–Kier alpha value is 0.150. The van der Waals surface area contributed by atoms with Gasteiger partial charge in [0.05, 0.1) is 23.3 Å². The van der Waals surface area contributed by atoms with Gasteiger partial charge in [0.2, 0.25) is 5.69 Å². The van der Waals surface area contributed by atoms with Gasteiger partial charge in [-0.1, -0.05) is 34.6 Å². The van der Waals surface area contributed by atoms with Gasteiger partial charge in [0.25, 0.3) is 0 Å². The minimum atomic E-state index is -2.23. The van der Waals surface area contributed by atoms with Gasteiger partial charge in [0, 0.05) is 22.3 Å². The first-order valence-electron chi connectivity index (χ1n) is 7.32. The van der Waals surface area contributed by atoms with Gasteiger partial charge in [-0.2, -0.15) is 0 Å². The Morgan fingerprint density at radius 1 is 1.12 bits per heavy atom. The summed E-state index contributed by atoms with van der Waals surface area (Å²) in [7, 11) is 0. The lowest BCUT2D eigenvalue weighted by atomic mass is 10.4. The normalized spacial score (nSPS) is 10.9. The molecule has 0 aliphatic heterocycles. The molecule has 0 saturated carbocycles. The first-order valence-corrected chi connectivity index (χ1v) is 13.3. The number of halogens is 2. The van der Waals surface area contributed by atoms with Gasteiger partial charge in [-0.05, 0) is 49.9 Å². The monoisotopic (exact) mass is 456 g/mol. The maximum absolute atomic E-state index is 6.10. The van der Waals surface area contributed by atoms with E-state index >= 15 is 0 Å². The van der Waals surface area contributed by atoms with Gasteiger partial charge in [-0.15, -0.1) is 11.8 Å². The molecule has 0 unspecified atom stereocenters. The number of hydrogen-bond acceptors (Lipinski definition) is 7. The summed E-state index contributed by atoms with van der Waals surface area (Å²) < 4.78 is 11.1. The number of thioether (sulfide) groups is 1. The highest BCUT2D eigenvalue weighted by molar-refractivity contribution is 8.69. The van der Waals surface area contributed by atoms with Gasteiger partial charge in [-0.3, -0.25) is 0 Å². The molecule has 25 heavy (non-hydrogen) atoms. The molecule has 0 amide bonds. The predicted octanol–water partition coefficient (Wildman–Crippen LogP) is 6.55. The summed E-state index contributed by atoms with van der Waals surface area (Å²) in [6.45, 7) is 4.96. The fourth-order valence-corrected chi connectivity index (χ4v) is 8.96. The molecule has 0 spiro atoms. The summed E-state index contributed by atoms with van der Waals surface area (Å²) in [5.74, 6) is 0. The molecular formula is C15H19Cl2N2O2PS3. The molecule has 4 nitrogen and oxygen atoms in total. The van der Waals surface area contributed by atoms with Crippen molar-refractivity contribution in [3.63, 3.8) is 0 Å². The lowest BCUT2D eigenvalue weighted by molar-refractivity contribution is 0.280. The quantitative estimate of drug-likeness (QED) is 0.253. The van der Waals surface area contributed by atoms with Crippen molar-refractivity contribution >= 4 is 63.8 Å². The van der Waals surface area contributed by atoms with Gasteiger partial charge >= 0.3 is 0 Å². The largest absolute Gasteiger partial charge is 0.322 e. The second-order valence-corrected chi connectivity index (χ2v) is 12.7. The molecule has 1 heterocycles. The molecule has 0 atom stereocenters. The molecule has 1 aromatic heterocycles. The van der Waals surface area contributed by atoms with Crippen molar-refractivity contribution in [1.29, 1.82) is 0 Å². The summed E-state index contributed by atoms with van der Waals surface area (Å²) in [6, 6.07) is 7.18. The van der Waals surface area contributed by atoms with E-state index in [9.17, 15) is 0 Å². The van der Waals surface area contributed by atoms with E-state index in [1.54, 1.807) is 42.4 Å². The number of aromatic nitrogens is 2. The molecule has 0 fully saturated rings. The van der Waals surface area contributed by atoms with Crippen molar-refractivity contribution in [1.82, 2.24) is 9.97 Å². The molecule has 0 aliphatic rings. The van der Waals surface area contributed by atoms with Crippen LogP contribution >= 0.6 is 52.0 Å². The van der Waals surface area contributed by atoms with Gasteiger partial charge in [-0.25, -0.2) is 9.97 Å². The molecule has 0 radical (unpaired) electrons. The van der Waals surface area contributed by atoms with Crippen molar-refractivity contribution in [3.8, 4) is 0 Å². The Labute approximate surface area is 172 Å². The summed E-state index contributed by atoms with van der Waals surface area (Å²) in [5, 5.41) is 2.08. The fraction of sp³-hybridized carbons (Fsp3) is 0.333. The van der Waals surface area contributed by atoms with Crippen LogP contribution in [0, 0.1) is 0 Å². The fourth-order valence-electron chi connectivity index (χ4n) is 1.42. The van der Waals surface area contributed by atoms with Crippen LogP contribution in [0.4, 0.5) is 0 Å². The molecular weight excluding hydrogens is 438 g/mol. The summed E-state index contributed by atoms with van der Waals surface area (Å²) in [5.41, 5.74) is -2.23. The van der Waals surface area contributed by atoms with Gasteiger partial charge in [0.15, 0.2) is 0 Å². The van der Waals surface area contributed by atoms with Crippen LogP contribution < -0.4 is 0 Å². The Morgan fingerprint density at radius 2 is 1.76 bits per heavy atom. The topological polar surface area (TPSA) is 44.2 Å². The first kappa shape index (κ1) is 23.2. The van der Waals surface area contributed by atoms with Crippen molar-refractivity contribution in [2.75, 3.05) is 18.3 Å². The standard InChI is InChI=1S/C11H15Cl2O2PS3.C4H4N2/c1-3-14-16(17,15-4-2)19-8-18-11-7-9(12)5-6-10(11)13;1-2-5-4-6-3-1/h5-7H,3-4,8H2,1-2H3;1-4H. The zero-order chi connectivity index (χ0) is 18.5. The second kappa shape index (κ2) is 13.3. The highest BCUT2D eigenvalue weighted by Gasteiger charge is 2.18. The van der Waals surface area contributed by atoms with Crippen molar-refractivity contribution in [3.05, 3.63) is 53.0 Å². The van der Waals surface area contributed by atoms with Crippen LogP contribution in [-0.4, -0.2) is 28.3 Å². The summed E-state index contributed by atoms with van der Waals surface area (Å²) in [4.78, 5) is 8.29. The lowest BCUT2D eigenvalue weighted by Gasteiger charge is -2.19. The number of nitrogens with zero attached hydrogens (tertiary/aromatic N) is 2. The number of benzene rings is 1. The van der Waals surface area contributed by atoms with Crippen LogP contribution in [-0.2, 0) is 20.9 Å². The average molecular weight is 457 g/mol. The second-order valence-electron chi connectivity index (χ2n) is 4.15. The van der Waals surface area contributed by atoms with E-state index < -0.39 is 5.69 Å². The maximum atomic E-state index is 6.10. The van der Waals surface area contributed by atoms with Crippen LogP contribution in [0.1, 0.15) is 13.8 Å². The molecule has 2 rings (SSSR count). The SMILES string of the molecule is CCOP(=S)(OCC)SCSc1cc(Cl)ccc1Cl.c1cncnc1. The third-order valence-electron chi connectivity index (χ3n) is 2.37. The lowest BCUT2D eigenvalue weighted by Crippen LogP contribution is -1.92. The average Bonchev–Trinajstić information content (AvgIpc) is 2.60. The third-order valence-corrected chi connectivity index (χ3v) is 10.2. The Kier molecular flexibility index (Phi) is 12.4. The van der Waals surface area contributed by atoms with Crippen molar-refractivity contribution in [2.45, 2.75) is 18.7 Å². The molecule has 10 heteroatoms. The van der Waals surface area contributed by atoms with E-state index in [0.29, 0.717) is 23.3 Å². The predicted molar refractivity (Wildman–Crippen MR) is 114 cm³/mol. The van der Waals surface area contributed by atoms with Crippen LogP contribution in [0.5, 0.6) is 0 Å². The van der Waals surface area contributed by atoms with Crippen LogP contribution in [0.15, 0.2) is 47.9 Å². The Balaban J connectivity index is 0.000000435. The zero-order valence-corrected chi connectivity index (χ0v) is 18.7. The molecule has 1 aromatic carbocycles. The highest BCUT2D eigenvalue weighted by atomic mass is 35.5. The van der Waals surface area contributed by atoms with Crippen LogP contribution in [0.2, 0.25) is 10.0 Å². The highest BCUT2D eigenvalue weighted by Crippen LogP contribution is 2.62. The third kappa shape index (κ3) is 10.2. The molecule has 0 N–H and O–H groups in total. The number of rotatable bonds is 8. The van der Waals surface area contributed by atoms with E-state index in [0.717, 1.165) is 9.98 Å².